The van der Waals surface area contributed by atoms with Crippen molar-refractivity contribution in [3.05, 3.63) is 43.8 Å². The number of azide groups is 1. The van der Waals surface area contributed by atoms with Gasteiger partial charge in [-0.2, -0.15) is 13.2 Å². The summed E-state index contributed by atoms with van der Waals surface area (Å²) in [4.78, 5) is 11.8. The van der Waals surface area contributed by atoms with E-state index < -0.39 is 28.0 Å². The van der Waals surface area contributed by atoms with Crippen LogP contribution in [0.1, 0.15) is 11.1 Å². The molecule has 1 aromatic rings. The van der Waals surface area contributed by atoms with Crippen LogP contribution in [0.5, 0.6) is 0 Å². The Balaban J connectivity index is 3.56. The van der Waals surface area contributed by atoms with Gasteiger partial charge in [-0.05, 0) is 24.1 Å². The van der Waals surface area contributed by atoms with Crippen molar-refractivity contribution in [3.8, 4) is 0 Å². The lowest BCUT2D eigenvalue weighted by molar-refractivity contribution is -0.384. The fourth-order valence-corrected chi connectivity index (χ4v) is 1.26. The van der Waals surface area contributed by atoms with E-state index in [4.69, 9.17) is 5.53 Å². The minimum Gasteiger partial charge on any atom is -0.258 e. The van der Waals surface area contributed by atoms with Crippen LogP contribution >= 0.6 is 0 Å². The van der Waals surface area contributed by atoms with E-state index in [1.165, 1.54) is 0 Å². The van der Waals surface area contributed by atoms with Crippen LogP contribution in [0.4, 0.5) is 24.5 Å². The Morgan fingerprint density at radius 2 is 2.06 bits per heavy atom. The van der Waals surface area contributed by atoms with E-state index in [0.717, 1.165) is 13.0 Å². The highest BCUT2D eigenvalue weighted by Gasteiger charge is 2.34. The summed E-state index contributed by atoms with van der Waals surface area (Å²) in [7, 11) is 0. The lowest BCUT2D eigenvalue weighted by atomic mass is 10.1. The standard InChI is InChI=1S/C8H5F3N4O2/c1-4-2-6(13-14-12)7(15(16)17)3-5(4)8(9,10)11/h2-3H,1H3. The molecule has 1 rings (SSSR count). The topological polar surface area (TPSA) is 91.9 Å². The third-order valence-corrected chi connectivity index (χ3v) is 1.98. The Kier molecular flexibility index (Phi) is 3.23. The van der Waals surface area contributed by atoms with Gasteiger partial charge in [0, 0.05) is 11.0 Å². The van der Waals surface area contributed by atoms with E-state index in [9.17, 15) is 23.3 Å². The molecule has 1 aromatic carbocycles. The van der Waals surface area contributed by atoms with Crippen LogP contribution in [0, 0.1) is 17.0 Å². The Morgan fingerprint density at radius 3 is 2.47 bits per heavy atom. The van der Waals surface area contributed by atoms with Crippen molar-refractivity contribution < 1.29 is 18.1 Å². The third-order valence-electron chi connectivity index (χ3n) is 1.98. The molecule has 0 bridgehead atoms. The quantitative estimate of drug-likeness (QED) is 0.260. The molecule has 0 unspecified atom stereocenters. The zero-order valence-corrected chi connectivity index (χ0v) is 8.39. The molecular formula is C8H5F3N4O2. The van der Waals surface area contributed by atoms with Gasteiger partial charge in [-0.15, -0.1) is 0 Å². The number of nitro benzene ring substituents is 1. The van der Waals surface area contributed by atoms with Crippen molar-refractivity contribution in [2.45, 2.75) is 13.1 Å². The molecule has 0 saturated heterocycles. The van der Waals surface area contributed by atoms with Crippen molar-refractivity contribution >= 4 is 11.4 Å². The predicted molar refractivity (Wildman–Crippen MR) is 51.6 cm³/mol. The second-order valence-electron chi connectivity index (χ2n) is 3.10. The second-order valence-corrected chi connectivity index (χ2v) is 3.10. The minimum absolute atomic E-state index is 0.245. The molecule has 0 saturated carbocycles. The summed E-state index contributed by atoms with van der Waals surface area (Å²) >= 11 is 0. The summed E-state index contributed by atoms with van der Waals surface area (Å²) in [6.07, 6.45) is -4.69. The molecule has 0 spiro atoms. The number of alkyl halides is 3. The molecule has 0 N–H and O–H groups in total. The first-order valence-electron chi connectivity index (χ1n) is 4.18. The maximum absolute atomic E-state index is 12.5. The van der Waals surface area contributed by atoms with Gasteiger partial charge in [0.2, 0.25) is 0 Å². The average Bonchev–Trinajstić information content (AvgIpc) is 2.15. The summed E-state index contributed by atoms with van der Waals surface area (Å²) in [5, 5.41) is 13.5. The molecule has 0 aliphatic rings. The van der Waals surface area contributed by atoms with Crippen LogP contribution in [0.25, 0.3) is 10.4 Å². The van der Waals surface area contributed by atoms with Gasteiger partial charge in [0.25, 0.3) is 5.69 Å². The summed E-state index contributed by atoms with van der Waals surface area (Å²) in [6, 6.07) is 1.19. The van der Waals surface area contributed by atoms with Crippen LogP contribution in [0.3, 0.4) is 0 Å². The summed E-state index contributed by atoms with van der Waals surface area (Å²) in [6.45, 7) is 1.13. The van der Waals surface area contributed by atoms with Crippen LogP contribution in [0.2, 0.25) is 0 Å². The number of nitro groups is 1. The number of aryl methyl sites for hydroxylation is 1. The van der Waals surface area contributed by atoms with Crippen LogP contribution < -0.4 is 0 Å². The third kappa shape index (κ3) is 2.64. The summed E-state index contributed by atoms with van der Waals surface area (Å²) in [5.74, 6) is 0. The smallest absolute Gasteiger partial charge is 0.258 e. The average molecular weight is 246 g/mol. The number of hydrogen-bond acceptors (Lipinski definition) is 3. The van der Waals surface area contributed by atoms with E-state index in [-0.39, 0.29) is 5.56 Å². The van der Waals surface area contributed by atoms with Crippen LogP contribution in [-0.2, 0) is 6.18 Å². The Hall–Kier alpha value is -2.28. The normalized spacial score (nSPS) is 10.8. The van der Waals surface area contributed by atoms with Gasteiger partial charge in [0.1, 0.15) is 5.69 Å². The highest BCUT2D eigenvalue weighted by Crippen LogP contribution is 2.38. The summed E-state index contributed by atoms with van der Waals surface area (Å²) < 4.78 is 37.5. The van der Waals surface area contributed by atoms with Crippen LogP contribution in [-0.4, -0.2) is 4.92 Å². The van der Waals surface area contributed by atoms with E-state index in [1.807, 2.05) is 0 Å². The van der Waals surface area contributed by atoms with Gasteiger partial charge in [0.05, 0.1) is 10.5 Å². The number of nitrogens with zero attached hydrogens (tertiary/aromatic N) is 4. The number of benzene rings is 1. The molecule has 90 valence electrons. The summed E-state index contributed by atoms with van der Waals surface area (Å²) in [5.41, 5.74) is 5.47. The number of hydrogen-bond donors (Lipinski definition) is 0. The molecule has 0 aliphatic carbocycles. The van der Waals surface area contributed by atoms with Gasteiger partial charge >= 0.3 is 6.18 Å². The van der Waals surface area contributed by atoms with Gasteiger partial charge in [0.15, 0.2) is 0 Å². The molecule has 0 amide bonds. The Morgan fingerprint density at radius 1 is 1.47 bits per heavy atom. The first-order chi connectivity index (χ1) is 7.77. The van der Waals surface area contributed by atoms with Gasteiger partial charge in [-0.1, -0.05) is 5.11 Å². The first-order valence-corrected chi connectivity index (χ1v) is 4.18. The van der Waals surface area contributed by atoms with E-state index in [0.29, 0.717) is 6.07 Å². The van der Waals surface area contributed by atoms with Crippen molar-refractivity contribution in [2.75, 3.05) is 0 Å². The van der Waals surface area contributed by atoms with Crippen molar-refractivity contribution in [1.29, 1.82) is 0 Å². The molecule has 9 heteroatoms. The highest BCUT2D eigenvalue weighted by molar-refractivity contribution is 5.61. The van der Waals surface area contributed by atoms with Crippen molar-refractivity contribution in [3.63, 3.8) is 0 Å². The molecule has 6 nitrogen and oxygen atoms in total. The fourth-order valence-electron chi connectivity index (χ4n) is 1.26. The maximum atomic E-state index is 12.5. The second kappa shape index (κ2) is 4.30. The van der Waals surface area contributed by atoms with Gasteiger partial charge < -0.3 is 0 Å². The zero-order valence-electron chi connectivity index (χ0n) is 8.39. The monoisotopic (exact) mass is 246 g/mol. The maximum Gasteiger partial charge on any atom is 0.416 e. The van der Waals surface area contributed by atoms with Crippen molar-refractivity contribution in [1.82, 2.24) is 0 Å². The predicted octanol–water partition coefficient (Wildman–Crippen LogP) is 3.86. The number of rotatable bonds is 2. The molecule has 0 aliphatic heterocycles. The largest absolute Gasteiger partial charge is 0.416 e. The van der Waals surface area contributed by atoms with E-state index >= 15 is 0 Å². The van der Waals surface area contributed by atoms with Gasteiger partial charge in [-0.25, -0.2) is 0 Å². The zero-order chi connectivity index (χ0) is 13.2. The molecule has 0 radical (unpaired) electrons. The first kappa shape index (κ1) is 12.8. The molecule has 0 atom stereocenters. The minimum atomic E-state index is -4.69. The van der Waals surface area contributed by atoms with Crippen molar-refractivity contribution in [2.24, 2.45) is 5.11 Å². The Bertz CT molecular complexity index is 520. The molecular weight excluding hydrogens is 241 g/mol. The van der Waals surface area contributed by atoms with Crippen LogP contribution in [0.15, 0.2) is 17.2 Å². The molecule has 0 fully saturated rings. The van der Waals surface area contributed by atoms with Gasteiger partial charge in [-0.3, -0.25) is 10.1 Å². The fraction of sp³-hybridized carbons (Fsp3) is 0.250. The van der Waals surface area contributed by atoms with E-state index in [1.54, 1.807) is 0 Å². The molecule has 17 heavy (non-hydrogen) atoms. The van der Waals surface area contributed by atoms with E-state index in [2.05, 4.69) is 10.0 Å². The molecule has 0 heterocycles. The lowest BCUT2D eigenvalue weighted by Gasteiger charge is -2.10. The SMILES string of the molecule is Cc1cc(N=[N+]=[N-])c([N+](=O)[O-])cc1C(F)(F)F. The highest BCUT2D eigenvalue weighted by atomic mass is 19.4. The Labute approximate surface area is 92.4 Å². The lowest BCUT2D eigenvalue weighted by Crippen LogP contribution is -2.08. The number of halogens is 3. The molecule has 0 aromatic heterocycles.